The van der Waals surface area contributed by atoms with Crippen LogP contribution in [0.2, 0.25) is 0 Å². The van der Waals surface area contributed by atoms with Gasteiger partial charge in [-0.05, 0) is 36.2 Å². The maximum Gasteiger partial charge on any atom is 0.490 e. The van der Waals surface area contributed by atoms with Crippen molar-refractivity contribution in [1.29, 1.82) is 0 Å². The number of nitrogens with zero attached hydrogens (tertiary/aromatic N) is 3. The minimum atomic E-state index is -5.08. The second-order valence-corrected chi connectivity index (χ2v) is 8.49. The Hall–Kier alpha value is -4.18. The Morgan fingerprint density at radius 2 is 1.61 bits per heavy atom. The number of alkyl halides is 4. The second kappa shape index (κ2) is 12.9. The van der Waals surface area contributed by atoms with Crippen molar-refractivity contribution in [1.82, 2.24) is 9.80 Å². The molecule has 3 atom stereocenters. The van der Waals surface area contributed by atoms with Gasteiger partial charge in [0.1, 0.15) is 23.7 Å². The summed E-state index contributed by atoms with van der Waals surface area (Å²) in [5.41, 5.74) is 7.32. The molecule has 1 aliphatic heterocycles. The topological polar surface area (TPSA) is 118 Å². The monoisotopic (exact) mass is 538 g/mol. The molecular weight excluding hydrogens is 512 g/mol. The van der Waals surface area contributed by atoms with Gasteiger partial charge >= 0.3 is 12.1 Å². The Kier molecular flexibility index (Phi) is 10.2. The van der Waals surface area contributed by atoms with Crippen LogP contribution >= 0.6 is 0 Å². The van der Waals surface area contributed by atoms with E-state index in [1.165, 1.54) is 9.80 Å². The van der Waals surface area contributed by atoms with Crippen molar-refractivity contribution in [2.24, 2.45) is 5.73 Å². The van der Waals surface area contributed by atoms with Crippen LogP contribution in [0.5, 0.6) is 11.5 Å². The summed E-state index contributed by atoms with van der Waals surface area (Å²) in [5.74, 6) is -3.28. The van der Waals surface area contributed by atoms with E-state index in [-0.39, 0.29) is 18.9 Å². The van der Waals surface area contributed by atoms with Crippen molar-refractivity contribution >= 4 is 23.5 Å². The number of likely N-dealkylation sites (tertiary alicyclic amines) is 1. The fourth-order valence-electron chi connectivity index (χ4n) is 3.52. The van der Waals surface area contributed by atoms with E-state index in [1.807, 2.05) is 0 Å². The summed E-state index contributed by atoms with van der Waals surface area (Å²) in [6.07, 6.45) is -5.85. The highest BCUT2D eigenvalue weighted by molar-refractivity contribution is 5.93. The molecule has 0 unspecified atom stereocenters. The maximum absolute atomic E-state index is 13.5. The van der Waals surface area contributed by atoms with Gasteiger partial charge in [-0.3, -0.25) is 9.59 Å². The molecule has 2 amide bonds. The van der Waals surface area contributed by atoms with Crippen molar-refractivity contribution in [2.75, 3.05) is 27.2 Å². The van der Waals surface area contributed by atoms with Gasteiger partial charge in [-0.1, -0.05) is 24.3 Å². The number of hydrogen-bond acceptors (Lipinski definition) is 5. The van der Waals surface area contributed by atoms with Gasteiger partial charge in [-0.25, -0.2) is 14.0 Å². The highest BCUT2D eigenvalue weighted by Gasteiger charge is 2.39. The van der Waals surface area contributed by atoms with Gasteiger partial charge in [0.05, 0.1) is 19.0 Å². The highest BCUT2D eigenvalue weighted by Crippen LogP contribution is 2.28. The number of likely N-dealkylation sites (N-methyl/N-ethyl adjacent to an activating group) is 1. The third kappa shape index (κ3) is 8.17. The smallest absolute Gasteiger partial charge is 0.475 e. The molecule has 2 aromatic carbocycles. The minimum absolute atomic E-state index is 0.00841. The number of nitrogens with two attached hydrogens (primary N) is 1. The Balaban J connectivity index is 0.000000638. The molecule has 204 valence electrons. The van der Waals surface area contributed by atoms with E-state index in [0.29, 0.717) is 29.3 Å². The Labute approximate surface area is 216 Å². The van der Waals surface area contributed by atoms with Crippen molar-refractivity contribution in [3.05, 3.63) is 65.5 Å². The first-order valence-corrected chi connectivity index (χ1v) is 11.2. The van der Waals surface area contributed by atoms with E-state index < -0.39 is 36.2 Å². The molecule has 2 aromatic rings. The number of benzene rings is 2. The average Bonchev–Trinajstić information content (AvgIpc) is 3.31. The second-order valence-electron chi connectivity index (χ2n) is 8.49. The summed E-state index contributed by atoms with van der Waals surface area (Å²) in [6.45, 7) is 7.30. The normalized spacial score (nSPS) is 16.4. The van der Waals surface area contributed by atoms with Crippen LogP contribution in [0.25, 0.3) is 4.85 Å². The molecule has 9 nitrogen and oxygen atoms in total. The third-order valence-electron chi connectivity index (χ3n) is 5.48. The van der Waals surface area contributed by atoms with E-state index >= 15 is 0 Å². The van der Waals surface area contributed by atoms with E-state index in [0.717, 1.165) is 0 Å². The predicted octanol–water partition coefficient (Wildman–Crippen LogP) is 3.73. The molecule has 1 fully saturated rings. The number of amides is 2. The van der Waals surface area contributed by atoms with Crippen LogP contribution < -0.4 is 10.5 Å². The molecule has 3 N–H and O–H groups in total. The molecule has 1 heterocycles. The standard InChI is InChI=1S/C23H25FN4O3.C2HF3O2/c1-26-17-6-10-19(11-7-17)31-18-8-4-15(5-9-18)20(22(29)27(2)3)21(25)23(30)28-13-12-16(24)14-28;3-2(4,5)1(6)7/h4-11,16,20-21H,12-14,25H2,2-3H3;(H,6,7)/t16-,20-,21-;/m0./s1. The first-order valence-electron chi connectivity index (χ1n) is 11.2. The van der Waals surface area contributed by atoms with Crippen molar-refractivity contribution in [2.45, 2.75) is 30.7 Å². The first-order chi connectivity index (χ1) is 17.7. The average molecular weight is 538 g/mol. The fourth-order valence-corrected chi connectivity index (χ4v) is 3.52. The molecule has 0 aliphatic carbocycles. The van der Waals surface area contributed by atoms with Gasteiger partial charge in [-0.2, -0.15) is 13.2 Å². The molecule has 0 saturated carbocycles. The molecular formula is C25H26F4N4O5. The van der Waals surface area contributed by atoms with E-state index in [2.05, 4.69) is 4.85 Å². The number of hydrogen-bond donors (Lipinski definition) is 2. The quantitative estimate of drug-likeness (QED) is 0.428. The number of carbonyl (C=O) groups excluding carboxylic acids is 2. The van der Waals surface area contributed by atoms with Gasteiger partial charge in [0.2, 0.25) is 11.8 Å². The fraction of sp³-hybridized carbons (Fsp3) is 0.360. The van der Waals surface area contributed by atoms with Crippen molar-refractivity contribution in [3.63, 3.8) is 0 Å². The highest BCUT2D eigenvalue weighted by atomic mass is 19.4. The molecule has 3 rings (SSSR count). The van der Waals surface area contributed by atoms with Gasteiger partial charge in [0.25, 0.3) is 0 Å². The van der Waals surface area contributed by atoms with Crippen molar-refractivity contribution < 1.29 is 41.8 Å². The lowest BCUT2D eigenvalue weighted by Gasteiger charge is -2.28. The SMILES string of the molecule is O=C(O)C(F)(F)F.[C-]#[N+]c1ccc(Oc2ccc([C@H](C(=O)N(C)C)[C@H](N)C(=O)N3CC[C@H](F)C3)cc2)cc1. The lowest BCUT2D eigenvalue weighted by Crippen LogP contribution is -2.50. The number of rotatable bonds is 6. The minimum Gasteiger partial charge on any atom is -0.475 e. The number of ether oxygens (including phenoxy) is 1. The molecule has 0 bridgehead atoms. The Morgan fingerprint density at radius 3 is 2.00 bits per heavy atom. The van der Waals surface area contributed by atoms with Crippen molar-refractivity contribution in [3.8, 4) is 11.5 Å². The zero-order valence-corrected chi connectivity index (χ0v) is 20.5. The van der Waals surface area contributed by atoms with Gasteiger partial charge in [-0.15, -0.1) is 0 Å². The lowest BCUT2D eigenvalue weighted by atomic mass is 9.89. The molecule has 1 aliphatic rings. The van der Waals surface area contributed by atoms with Gasteiger partial charge in [0.15, 0.2) is 5.69 Å². The molecule has 0 radical (unpaired) electrons. The van der Waals surface area contributed by atoms with Crippen LogP contribution in [0.1, 0.15) is 17.9 Å². The van der Waals surface area contributed by atoms with E-state index in [4.69, 9.17) is 26.9 Å². The van der Waals surface area contributed by atoms with Gasteiger partial charge < -0.3 is 25.4 Å². The summed E-state index contributed by atoms with van der Waals surface area (Å²) in [5, 5.41) is 7.12. The molecule has 1 saturated heterocycles. The van der Waals surface area contributed by atoms with E-state index in [1.54, 1.807) is 62.6 Å². The third-order valence-corrected chi connectivity index (χ3v) is 5.48. The van der Waals surface area contributed by atoms with Crippen LogP contribution in [-0.2, 0) is 14.4 Å². The van der Waals surface area contributed by atoms with Crippen LogP contribution in [0.3, 0.4) is 0 Å². The first kappa shape index (κ1) is 30.0. The number of aliphatic carboxylic acids is 1. The summed E-state index contributed by atoms with van der Waals surface area (Å²) in [6, 6.07) is 12.4. The number of carboxylic acid groups (broad SMARTS) is 1. The lowest BCUT2D eigenvalue weighted by molar-refractivity contribution is -0.192. The molecule has 0 spiro atoms. The molecule has 13 heteroatoms. The predicted molar refractivity (Wildman–Crippen MR) is 128 cm³/mol. The molecule has 38 heavy (non-hydrogen) atoms. The summed E-state index contributed by atoms with van der Waals surface area (Å²) >= 11 is 0. The van der Waals surface area contributed by atoms with Crippen LogP contribution in [-0.4, -0.2) is 78.3 Å². The number of carbonyl (C=O) groups is 3. The summed E-state index contributed by atoms with van der Waals surface area (Å²) < 4.78 is 51.0. The number of carboxylic acids is 1. The van der Waals surface area contributed by atoms with Crippen LogP contribution in [0.15, 0.2) is 48.5 Å². The summed E-state index contributed by atoms with van der Waals surface area (Å²) in [4.78, 5) is 40.7. The van der Waals surface area contributed by atoms with Crippen LogP contribution in [0, 0.1) is 6.57 Å². The van der Waals surface area contributed by atoms with Crippen LogP contribution in [0.4, 0.5) is 23.2 Å². The van der Waals surface area contributed by atoms with Gasteiger partial charge in [0, 0.05) is 20.6 Å². The zero-order valence-electron chi connectivity index (χ0n) is 20.5. The van der Waals surface area contributed by atoms with E-state index in [9.17, 15) is 27.2 Å². The molecule has 0 aromatic heterocycles. The largest absolute Gasteiger partial charge is 0.490 e. The Morgan fingerprint density at radius 1 is 1.11 bits per heavy atom. The summed E-state index contributed by atoms with van der Waals surface area (Å²) in [7, 11) is 3.20. The number of halogens is 4. The Bertz CT molecular complexity index is 1160. The maximum atomic E-state index is 13.5. The zero-order chi connectivity index (χ0) is 28.6.